The third-order valence-corrected chi connectivity index (χ3v) is 9.27. The summed E-state index contributed by atoms with van der Waals surface area (Å²) in [5.74, 6) is -21.3. The first-order valence-electron chi connectivity index (χ1n) is 11.9. The topological polar surface area (TPSA) is 119 Å². The van der Waals surface area contributed by atoms with Gasteiger partial charge in [-0.2, -0.15) is 17.6 Å². The van der Waals surface area contributed by atoms with Crippen LogP contribution in [0.4, 0.5) is 17.6 Å². The van der Waals surface area contributed by atoms with Crippen molar-refractivity contribution in [3.63, 3.8) is 0 Å². The highest BCUT2D eigenvalue weighted by molar-refractivity contribution is 5.89. The first-order valence-corrected chi connectivity index (χ1v) is 11.9. The van der Waals surface area contributed by atoms with Crippen LogP contribution in [0.25, 0.3) is 0 Å². The predicted molar refractivity (Wildman–Crippen MR) is 100 cm³/mol. The van der Waals surface area contributed by atoms with Crippen LogP contribution < -0.4 is 5.11 Å². The van der Waals surface area contributed by atoms with E-state index in [9.17, 15) is 41.8 Å². The number of ether oxygens (including phenoxy) is 3. The molecule has 192 valence electrons. The fourth-order valence-electron chi connectivity index (χ4n) is 8.36. The molecule has 0 aromatic heterocycles. The number of hydrogen-bond acceptors (Lipinski definition) is 8. The largest absolute Gasteiger partial charge is 0.544 e. The Morgan fingerprint density at radius 2 is 1.49 bits per heavy atom. The zero-order chi connectivity index (χ0) is 25.1. The highest BCUT2D eigenvalue weighted by Gasteiger charge is 2.72. The van der Waals surface area contributed by atoms with E-state index in [0.29, 0.717) is 17.8 Å². The van der Waals surface area contributed by atoms with Gasteiger partial charge >= 0.3 is 29.8 Å². The molecule has 7 fully saturated rings. The third kappa shape index (κ3) is 3.09. The maximum Gasteiger partial charge on any atom is 0.410 e. The molecule has 8 nitrogen and oxygen atoms in total. The first-order chi connectivity index (χ1) is 16.3. The molecule has 0 spiro atoms. The number of carbonyl (C=O) groups excluding carboxylic acids is 4. The van der Waals surface area contributed by atoms with Crippen molar-refractivity contribution in [2.45, 2.75) is 74.6 Å². The average Bonchev–Trinajstić information content (AvgIpc) is 3.35. The Morgan fingerprint density at radius 3 is 2.03 bits per heavy atom. The Kier molecular flexibility index (Phi) is 4.66. The average molecular weight is 503 g/mol. The zero-order valence-electron chi connectivity index (χ0n) is 18.4. The van der Waals surface area contributed by atoms with Crippen molar-refractivity contribution >= 4 is 23.9 Å². The van der Waals surface area contributed by atoms with Crippen LogP contribution in [0.15, 0.2) is 0 Å². The van der Waals surface area contributed by atoms with Gasteiger partial charge in [0.2, 0.25) is 0 Å². The molecule has 6 bridgehead atoms. The number of esters is 3. The van der Waals surface area contributed by atoms with Crippen molar-refractivity contribution in [2.24, 2.45) is 41.4 Å². The molecule has 0 radical (unpaired) electrons. The van der Waals surface area contributed by atoms with Gasteiger partial charge in [0.05, 0.1) is 11.8 Å². The van der Waals surface area contributed by atoms with Crippen molar-refractivity contribution < 1.29 is 56.1 Å². The molecule has 1 heterocycles. The lowest BCUT2D eigenvalue weighted by Crippen LogP contribution is -2.59. The highest BCUT2D eigenvalue weighted by Crippen LogP contribution is 2.61. The van der Waals surface area contributed by atoms with Crippen molar-refractivity contribution in [1.82, 2.24) is 0 Å². The van der Waals surface area contributed by atoms with Crippen LogP contribution in [0.1, 0.15) is 44.9 Å². The van der Waals surface area contributed by atoms with Crippen LogP contribution in [0, 0.1) is 41.4 Å². The molecule has 6 unspecified atom stereocenters. The molecule has 1 aliphatic heterocycles. The second kappa shape index (κ2) is 7.09. The number of rotatable bonds is 6. The van der Waals surface area contributed by atoms with Crippen LogP contribution in [-0.2, 0) is 33.4 Å². The minimum atomic E-state index is -5.81. The van der Waals surface area contributed by atoms with Gasteiger partial charge in [-0.05, 0) is 62.7 Å². The van der Waals surface area contributed by atoms with E-state index in [-0.39, 0.29) is 6.42 Å². The van der Waals surface area contributed by atoms with E-state index >= 15 is 0 Å². The third-order valence-electron chi connectivity index (χ3n) is 9.27. The molecule has 7 aliphatic rings. The summed E-state index contributed by atoms with van der Waals surface area (Å²) >= 11 is 0. The van der Waals surface area contributed by atoms with Gasteiger partial charge < -0.3 is 24.1 Å². The molecule has 6 atom stereocenters. The number of halogens is 4. The van der Waals surface area contributed by atoms with E-state index in [1.165, 1.54) is 0 Å². The maximum atomic E-state index is 14.0. The van der Waals surface area contributed by atoms with Crippen LogP contribution >= 0.6 is 0 Å². The molecule has 0 amide bonds. The number of carboxylic acids is 1. The summed E-state index contributed by atoms with van der Waals surface area (Å²) in [5, 5.41) is 10.5. The van der Waals surface area contributed by atoms with E-state index in [0.717, 1.165) is 38.5 Å². The molecule has 1 saturated heterocycles. The quantitative estimate of drug-likeness (QED) is 0.302. The number of fused-ring (bicyclic) bond motifs is 1. The summed E-state index contributed by atoms with van der Waals surface area (Å²) in [6, 6.07) is 0. The smallest absolute Gasteiger partial charge is 0.410 e. The molecule has 35 heavy (non-hydrogen) atoms. The van der Waals surface area contributed by atoms with E-state index in [1.807, 2.05) is 0 Å². The van der Waals surface area contributed by atoms with Gasteiger partial charge in [0.15, 0.2) is 0 Å². The van der Waals surface area contributed by atoms with Crippen molar-refractivity contribution in [3.05, 3.63) is 0 Å². The minimum absolute atomic E-state index is 0.127. The number of carbonyl (C=O) groups is 4. The molecule has 0 aromatic carbocycles. The lowest BCUT2D eigenvalue weighted by Gasteiger charge is -2.56. The normalized spacial score (nSPS) is 44.9. The Hall–Kier alpha value is -2.40. The van der Waals surface area contributed by atoms with Crippen LogP contribution in [-0.4, -0.2) is 53.5 Å². The predicted octanol–water partition coefficient (Wildman–Crippen LogP) is 1.24. The van der Waals surface area contributed by atoms with E-state index in [4.69, 9.17) is 9.47 Å². The fourth-order valence-corrected chi connectivity index (χ4v) is 8.36. The summed E-state index contributed by atoms with van der Waals surface area (Å²) in [4.78, 5) is 48.4. The van der Waals surface area contributed by atoms with Gasteiger partial charge in [0, 0.05) is 11.8 Å². The van der Waals surface area contributed by atoms with Gasteiger partial charge in [-0.3, -0.25) is 9.59 Å². The van der Waals surface area contributed by atoms with Crippen LogP contribution in [0.3, 0.4) is 0 Å². The number of aliphatic carboxylic acids is 1. The van der Waals surface area contributed by atoms with E-state index < -0.39 is 77.2 Å². The SMILES string of the molecule is O=C1OC2C3CC(C2OC(=O)C(F)(F)C(F)(F)C(=O)[O-])C(C(=O)OC24CC5CC(CC(C5)C2)C4)C13. The van der Waals surface area contributed by atoms with Gasteiger partial charge in [-0.15, -0.1) is 0 Å². The first kappa shape index (κ1) is 23.0. The monoisotopic (exact) mass is 503 g/mol. The molecule has 12 heteroatoms. The molecule has 0 aromatic rings. The summed E-state index contributed by atoms with van der Waals surface area (Å²) in [5.41, 5.74) is -0.634. The highest BCUT2D eigenvalue weighted by atomic mass is 19.3. The molecular weight excluding hydrogens is 480 g/mol. The van der Waals surface area contributed by atoms with E-state index in [1.54, 1.807) is 0 Å². The summed E-state index contributed by atoms with van der Waals surface area (Å²) in [7, 11) is 0. The molecular formula is C23H23F4O8-. The van der Waals surface area contributed by atoms with Crippen molar-refractivity contribution in [1.29, 1.82) is 0 Å². The summed E-state index contributed by atoms with van der Waals surface area (Å²) in [6.07, 6.45) is 2.86. The van der Waals surface area contributed by atoms with Crippen LogP contribution in [0.5, 0.6) is 0 Å². The number of hydrogen-bond donors (Lipinski definition) is 0. The minimum Gasteiger partial charge on any atom is -0.544 e. The van der Waals surface area contributed by atoms with E-state index in [2.05, 4.69) is 4.74 Å². The number of carboxylic acid groups (broad SMARTS) is 1. The molecule has 7 rings (SSSR count). The Bertz CT molecular complexity index is 976. The van der Waals surface area contributed by atoms with Gasteiger partial charge in [-0.25, -0.2) is 4.79 Å². The summed E-state index contributed by atoms with van der Waals surface area (Å²) < 4.78 is 70.7. The van der Waals surface area contributed by atoms with Gasteiger partial charge in [0.25, 0.3) is 0 Å². The van der Waals surface area contributed by atoms with Gasteiger partial charge in [0.1, 0.15) is 23.8 Å². The Morgan fingerprint density at radius 1 is 0.914 bits per heavy atom. The Labute approximate surface area is 196 Å². The fraction of sp³-hybridized carbons (Fsp3) is 0.826. The zero-order valence-corrected chi connectivity index (χ0v) is 18.4. The maximum absolute atomic E-state index is 14.0. The Balaban J connectivity index is 1.22. The standard InChI is InChI=1S/C23H24F4O8/c24-22(25,19(30)31)23(26,27)20(32)34-16-12-4-11-13(17(28)33-15(11)16)14(12)18(29)35-21-5-8-1-9(6-21)3-10(2-8)7-21/h8-16H,1-7H2,(H,30,31)/p-1. The molecule has 6 aliphatic carbocycles. The van der Waals surface area contributed by atoms with Crippen LogP contribution in [0.2, 0.25) is 0 Å². The summed E-state index contributed by atoms with van der Waals surface area (Å²) in [6.45, 7) is 0. The molecule has 0 N–H and O–H groups in total. The molecule has 6 saturated carbocycles. The lowest BCUT2D eigenvalue weighted by molar-refractivity contribution is -0.347. The van der Waals surface area contributed by atoms with Crippen molar-refractivity contribution in [3.8, 4) is 0 Å². The van der Waals surface area contributed by atoms with Gasteiger partial charge in [-0.1, -0.05) is 0 Å². The number of alkyl halides is 4. The second-order valence-electron chi connectivity index (χ2n) is 11.3. The van der Waals surface area contributed by atoms with Crippen molar-refractivity contribution in [2.75, 3.05) is 0 Å². The lowest BCUT2D eigenvalue weighted by atomic mass is 9.54. The second-order valence-corrected chi connectivity index (χ2v) is 11.3.